The molecular weight excluding hydrogens is 372 g/mol. The molecule has 7 nitrogen and oxygen atoms in total. The van der Waals surface area contributed by atoms with Crippen LogP contribution in [-0.2, 0) is 19.7 Å². The topological polar surface area (TPSA) is 77.1 Å². The molecule has 7 heteroatoms. The summed E-state index contributed by atoms with van der Waals surface area (Å²) in [7, 11) is 1.44. The summed E-state index contributed by atoms with van der Waals surface area (Å²) >= 11 is 0. The number of hydrogen-bond acceptors (Lipinski definition) is 7. The van der Waals surface area contributed by atoms with Crippen LogP contribution in [0, 0.1) is 11.3 Å². The average Bonchev–Trinajstić information content (AvgIpc) is 3.40. The summed E-state index contributed by atoms with van der Waals surface area (Å²) in [5.74, 6) is 1.06. The van der Waals surface area contributed by atoms with Crippen LogP contribution in [0.15, 0.2) is 24.3 Å². The molecule has 6 aliphatic rings. The fourth-order valence-corrected chi connectivity index (χ4v) is 7.78. The second-order valence-corrected chi connectivity index (χ2v) is 9.30. The minimum absolute atomic E-state index is 0.0877. The van der Waals surface area contributed by atoms with Crippen LogP contribution in [0.25, 0.3) is 0 Å². The summed E-state index contributed by atoms with van der Waals surface area (Å²) in [6.07, 6.45) is 6.44. The number of anilines is 1. The van der Waals surface area contributed by atoms with Gasteiger partial charge in [0.05, 0.1) is 18.2 Å². The number of carbonyl (C=O) groups excluding carboxylic acids is 2. The van der Waals surface area contributed by atoms with Crippen LogP contribution >= 0.6 is 0 Å². The Balaban J connectivity index is 1.60. The summed E-state index contributed by atoms with van der Waals surface area (Å²) in [6.45, 7) is 1.66. The smallest absolute Gasteiger partial charge is 0.332 e. The van der Waals surface area contributed by atoms with Crippen molar-refractivity contribution in [1.29, 1.82) is 0 Å². The maximum absolute atomic E-state index is 13.5. The van der Waals surface area contributed by atoms with Gasteiger partial charge in [0.15, 0.2) is 11.5 Å². The van der Waals surface area contributed by atoms with Crippen molar-refractivity contribution >= 4 is 17.4 Å². The monoisotopic (exact) mass is 394 g/mol. The number of methoxy groups -OCH3 is 1. The van der Waals surface area contributed by atoms with E-state index in [1.807, 2.05) is 12.1 Å². The fraction of sp³-hybridized carbons (Fsp3) is 0.545. The molecule has 0 aromatic heterocycles. The van der Waals surface area contributed by atoms with Gasteiger partial charge in [-0.15, -0.1) is 0 Å². The Morgan fingerprint density at radius 2 is 2.21 bits per heavy atom. The predicted octanol–water partition coefficient (Wildman–Crippen LogP) is 1.61. The number of ether oxygens (including phenoxy) is 3. The van der Waals surface area contributed by atoms with E-state index in [9.17, 15) is 9.59 Å². The molecule has 0 amide bonds. The zero-order valence-corrected chi connectivity index (χ0v) is 16.2. The molecule has 1 aromatic carbocycles. The van der Waals surface area contributed by atoms with Crippen LogP contribution in [0.3, 0.4) is 0 Å². The number of hydrogen-bond donors (Lipinski definition) is 1. The van der Waals surface area contributed by atoms with E-state index >= 15 is 0 Å². The highest BCUT2D eigenvalue weighted by molar-refractivity contribution is 5.99. The predicted molar refractivity (Wildman–Crippen MR) is 102 cm³/mol. The molecule has 1 saturated heterocycles. The first kappa shape index (κ1) is 16.3. The first-order chi connectivity index (χ1) is 14.1. The van der Waals surface area contributed by atoms with E-state index in [1.54, 1.807) is 0 Å². The van der Waals surface area contributed by atoms with E-state index in [0.29, 0.717) is 30.9 Å². The number of nitrogens with zero attached hydrogens (tertiary/aromatic N) is 1. The van der Waals surface area contributed by atoms with Gasteiger partial charge in [-0.05, 0) is 24.5 Å². The van der Waals surface area contributed by atoms with Crippen LogP contribution in [0.1, 0.15) is 24.8 Å². The summed E-state index contributed by atoms with van der Waals surface area (Å²) < 4.78 is 16.8. The molecule has 4 heterocycles. The number of ketones is 1. The van der Waals surface area contributed by atoms with Crippen molar-refractivity contribution in [2.75, 3.05) is 32.3 Å². The minimum atomic E-state index is -0.972. The van der Waals surface area contributed by atoms with E-state index < -0.39 is 11.0 Å². The van der Waals surface area contributed by atoms with Crippen LogP contribution in [-0.4, -0.2) is 55.2 Å². The van der Waals surface area contributed by atoms with Gasteiger partial charge in [0, 0.05) is 36.9 Å². The van der Waals surface area contributed by atoms with Crippen LogP contribution < -0.4 is 14.8 Å². The van der Waals surface area contributed by atoms with E-state index in [1.165, 1.54) is 7.11 Å². The van der Waals surface area contributed by atoms with Crippen molar-refractivity contribution in [3.8, 4) is 11.5 Å². The molecule has 2 aliphatic carbocycles. The molecule has 1 aromatic rings. The molecule has 29 heavy (non-hydrogen) atoms. The second-order valence-electron chi connectivity index (χ2n) is 9.30. The van der Waals surface area contributed by atoms with Gasteiger partial charge in [-0.25, -0.2) is 4.79 Å². The van der Waals surface area contributed by atoms with Crippen molar-refractivity contribution in [2.24, 2.45) is 11.3 Å². The lowest BCUT2D eigenvalue weighted by molar-refractivity contribution is -0.159. The minimum Gasteiger partial charge on any atom is -0.467 e. The van der Waals surface area contributed by atoms with Gasteiger partial charge in [-0.3, -0.25) is 9.69 Å². The third-order valence-electron chi connectivity index (χ3n) is 8.52. The van der Waals surface area contributed by atoms with Crippen molar-refractivity contribution in [3.63, 3.8) is 0 Å². The van der Waals surface area contributed by atoms with Gasteiger partial charge in [0.1, 0.15) is 11.3 Å². The standard InChI is InChI=1S/C22H22N2O5/c1-27-19(26)21-7-6-20-5-2-8-24-10-13(14(25)9-20)22(21,18(20)24)12-3-4-15-17(16(12)23-21)29-11-28-15/h2-5,13,18,23H,6-11H2,1H3. The Morgan fingerprint density at radius 3 is 3.07 bits per heavy atom. The fourth-order valence-electron chi connectivity index (χ4n) is 7.78. The number of esters is 1. The Kier molecular flexibility index (Phi) is 2.68. The summed E-state index contributed by atoms with van der Waals surface area (Å²) in [5, 5.41) is 3.57. The molecule has 3 fully saturated rings. The maximum atomic E-state index is 13.5. The molecule has 5 unspecified atom stereocenters. The summed E-state index contributed by atoms with van der Waals surface area (Å²) in [5.41, 5.74) is -0.0387. The van der Waals surface area contributed by atoms with E-state index in [0.717, 1.165) is 24.2 Å². The highest BCUT2D eigenvalue weighted by atomic mass is 16.7. The third-order valence-corrected chi connectivity index (χ3v) is 8.52. The average molecular weight is 394 g/mol. The molecule has 1 N–H and O–H groups in total. The number of Topliss-reactive ketones (excluding diaryl/α,β-unsaturated/α-hetero) is 1. The van der Waals surface area contributed by atoms with Gasteiger partial charge in [0.2, 0.25) is 6.79 Å². The Bertz CT molecular complexity index is 1040. The molecule has 7 rings (SSSR count). The Labute approximate surface area is 168 Å². The highest BCUT2D eigenvalue weighted by Gasteiger charge is 2.81. The van der Waals surface area contributed by atoms with Crippen LogP contribution in [0.2, 0.25) is 0 Å². The van der Waals surface area contributed by atoms with Gasteiger partial charge < -0.3 is 19.5 Å². The molecule has 4 aliphatic heterocycles. The number of fused-ring (bicyclic) bond motifs is 3. The van der Waals surface area contributed by atoms with Crippen LogP contribution in [0.4, 0.5) is 5.69 Å². The number of nitrogens with one attached hydrogen (secondary N) is 1. The molecule has 5 atom stereocenters. The van der Waals surface area contributed by atoms with Crippen molar-refractivity contribution in [3.05, 3.63) is 29.8 Å². The lowest BCUT2D eigenvalue weighted by atomic mass is 9.42. The van der Waals surface area contributed by atoms with Crippen molar-refractivity contribution < 1.29 is 23.8 Å². The number of carbonyl (C=O) groups is 2. The molecule has 0 radical (unpaired) electrons. The van der Waals surface area contributed by atoms with Crippen molar-refractivity contribution in [2.45, 2.75) is 36.3 Å². The van der Waals surface area contributed by atoms with E-state index in [4.69, 9.17) is 14.2 Å². The van der Waals surface area contributed by atoms with E-state index in [-0.39, 0.29) is 35.9 Å². The normalized spacial score (nSPS) is 42.3. The maximum Gasteiger partial charge on any atom is 0.332 e. The van der Waals surface area contributed by atoms with Gasteiger partial charge in [-0.2, -0.15) is 0 Å². The molecular formula is C22H22N2O5. The lowest BCUT2D eigenvalue weighted by Crippen LogP contribution is -2.75. The lowest BCUT2D eigenvalue weighted by Gasteiger charge is -2.62. The van der Waals surface area contributed by atoms with Gasteiger partial charge in [0.25, 0.3) is 0 Å². The zero-order chi connectivity index (χ0) is 19.6. The van der Waals surface area contributed by atoms with Crippen molar-refractivity contribution in [1.82, 2.24) is 4.90 Å². The highest BCUT2D eigenvalue weighted by Crippen LogP contribution is 2.72. The molecule has 2 saturated carbocycles. The van der Waals surface area contributed by atoms with E-state index in [2.05, 4.69) is 22.4 Å². The molecule has 150 valence electrons. The second kappa shape index (κ2) is 4.78. The van der Waals surface area contributed by atoms with Gasteiger partial charge >= 0.3 is 5.97 Å². The Morgan fingerprint density at radius 1 is 1.31 bits per heavy atom. The zero-order valence-electron chi connectivity index (χ0n) is 16.2. The first-order valence-electron chi connectivity index (χ1n) is 10.3. The Hall–Kier alpha value is -2.54. The SMILES string of the molecule is COC(=O)C12CCC34C=CCN5CC(C(=O)C3)C1(c1ccc3c(c1N2)OCO3)C54. The summed E-state index contributed by atoms with van der Waals surface area (Å²) in [6, 6.07) is 4.06. The number of benzene rings is 1. The number of rotatable bonds is 1. The quantitative estimate of drug-likeness (QED) is 0.573. The third kappa shape index (κ3) is 1.48. The van der Waals surface area contributed by atoms with Crippen LogP contribution in [0.5, 0.6) is 11.5 Å². The largest absolute Gasteiger partial charge is 0.467 e. The molecule has 1 spiro atoms. The van der Waals surface area contributed by atoms with Gasteiger partial charge in [-0.1, -0.05) is 18.2 Å². The first-order valence-corrected chi connectivity index (χ1v) is 10.3. The summed E-state index contributed by atoms with van der Waals surface area (Å²) in [4.78, 5) is 29.4. The molecule has 4 bridgehead atoms.